The van der Waals surface area contributed by atoms with E-state index in [0.717, 1.165) is 22.1 Å². The van der Waals surface area contributed by atoms with Crippen molar-refractivity contribution in [1.82, 2.24) is 5.32 Å². The Morgan fingerprint density at radius 2 is 2.11 bits per heavy atom. The molecule has 106 valence electrons. The van der Waals surface area contributed by atoms with Gasteiger partial charge in [0.15, 0.2) is 0 Å². The third-order valence-corrected chi connectivity index (χ3v) is 3.25. The topological polar surface area (TPSA) is 61.4 Å². The molecule has 3 N–H and O–H groups in total. The summed E-state index contributed by atoms with van der Waals surface area (Å²) in [7, 11) is 0. The molecule has 5 heteroatoms. The molecule has 0 aliphatic rings. The van der Waals surface area contributed by atoms with E-state index in [-0.39, 0.29) is 18.7 Å². The van der Waals surface area contributed by atoms with E-state index >= 15 is 0 Å². The van der Waals surface area contributed by atoms with Crippen molar-refractivity contribution in [1.29, 1.82) is 0 Å². The van der Waals surface area contributed by atoms with Crippen LogP contribution < -0.4 is 10.6 Å². The van der Waals surface area contributed by atoms with Crippen molar-refractivity contribution >= 4 is 27.6 Å². The van der Waals surface area contributed by atoms with Crippen LogP contribution >= 0.6 is 15.9 Å². The maximum atomic E-state index is 11.9. The van der Waals surface area contributed by atoms with Crippen LogP contribution in [0.2, 0.25) is 0 Å². The van der Waals surface area contributed by atoms with Gasteiger partial charge < -0.3 is 15.7 Å². The summed E-state index contributed by atoms with van der Waals surface area (Å²) in [6.45, 7) is 5.99. The van der Waals surface area contributed by atoms with Crippen molar-refractivity contribution in [2.24, 2.45) is 5.92 Å². The van der Waals surface area contributed by atoms with Gasteiger partial charge in [0.25, 0.3) is 0 Å². The number of halogens is 1. The molecule has 0 spiro atoms. The molecule has 1 unspecified atom stereocenters. The highest BCUT2D eigenvalue weighted by Crippen LogP contribution is 2.20. The lowest BCUT2D eigenvalue weighted by Crippen LogP contribution is -2.41. The number of nitrogens with one attached hydrogen (secondary N) is 2. The highest BCUT2D eigenvalue weighted by Gasteiger charge is 2.13. The molecule has 1 atom stereocenters. The number of carbonyl (C=O) groups excluding carboxylic acids is 1. The second kappa shape index (κ2) is 7.50. The molecule has 2 amide bonds. The van der Waals surface area contributed by atoms with Crippen LogP contribution in [0, 0.1) is 12.8 Å². The lowest BCUT2D eigenvalue weighted by molar-refractivity contribution is 0.214. The highest BCUT2D eigenvalue weighted by molar-refractivity contribution is 9.10. The van der Waals surface area contributed by atoms with Gasteiger partial charge in [0.05, 0.1) is 12.6 Å². The second-order valence-corrected chi connectivity index (χ2v) is 5.98. The first-order chi connectivity index (χ1) is 8.92. The van der Waals surface area contributed by atoms with Gasteiger partial charge in [0, 0.05) is 10.2 Å². The maximum absolute atomic E-state index is 11.9. The molecule has 1 aromatic rings. The van der Waals surface area contributed by atoms with Crippen molar-refractivity contribution in [3.05, 3.63) is 28.2 Å². The summed E-state index contributed by atoms with van der Waals surface area (Å²) in [5, 5.41) is 14.8. The fourth-order valence-corrected chi connectivity index (χ4v) is 2.18. The standard InChI is InChI=1S/C14H21BrN2O2/c1-9(2)6-12(8-18)16-14(19)17-13-7-11(15)5-4-10(13)3/h4-5,7,9,12,18H,6,8H2,1-3H3,(H2,16,17,19). The number of carbonyl (C=O) groups is 1. The van der Waals surface area contributed by atoms with E-state index in [0.29, 0.717) is 5.92 Å². The first kappa shape index (κ1) is 16.0. The number of aliphatic hydroxyl groups is 1. The summed E-state index contributed by atoms with van der Waals surface area (Å²) < 4.78 is 0.911. The Morgan fingerprint density at radius 3 is 2.68 bits per heavy atom. The summed E-state index contributed by atoms with van der Waals surface area (Å²) >= 11 is 3.37. The highest BCUT2D eigenvalue weighted by atomic mass is 79.9. The lowest BCUT2D eigenvalue weighted by atomic mass is 10.0. The number of rotatable bonds is 5. The van der Waals surface area contributed by atoms with E-state index in [1.807, 2.05) is 25.1 Å². The molecule has 0 saturated heterocycles. The SMILES string of the molecule is Cc1ccc(Br)cc1NC(=O)NC(CO)CC(C)C. The molecule has 0 aliphatic heterocycles. The van der Waals surface area contributed by atoms with Crippen molar-refractivity contribution in [3.63, 3.8) is 0 Å². The van der Waals surface area contributed by atoms with E-state index in [9.17, 15) is 9.90 Å². The van der Waals surface area contributed by atoms with Crippen LogP contribution in [0.4, 0.5) is 10.5 Å². The van der Waals surface area contributed by atoms with Gasteiger partial charge >= 0.3 is 6.03 Å². The molecule has 0 radical (unpaired) electrons. The number of aliphatic hydroxyl groups excluding tert-OH is 1. The number of aryl methyl sites for hydroxylation is 1. The van der Waals surface area contributed by atoms with Crippen LogP contribution in [0.25, 0.3) is 0 Å². The van der Waals surface area contributed by atoms with E-state index in [1.54, 1.807) is 0 Å². The summed E-state index contributed by atoms with van der Waals surface area (Å²) in [6.07, 6.45) is 0.751. The van der Waals surface area contributed by atoms with Gasteiger partial charge in [-0.15, -0.1) is 0 Å². The molecule has 0 aliphatic carbocycles. The minimum absolute atomic E-state index is 0.0525. The van der Waals surface area contributed by atoms with Crippen LogP contribution in [0.15, 0.2) is 22.7 Å². The number of anilines is 1. The Morgan fingerprint density at radius 1 is 1.42 bits per heavy atom. The monoisotopic (exact) mass is 328 g/mol. The Hall–Kier alpha value is -1.07. The zero-order valence-electron chi connectivity index (χ0n) is 11.5. The Labute approximate surface area is 122 Å². The molecular weight excluding hydrogens is 308 g/mol. The molecule has 19 heavy (non-hydrogen) atoms. The van der Waals surface area contributed by atoms with E-state index in [4.69, 9.17) is 0 Å². The Kier molecular flexibility index (Phi) is 6.31. The maximum Gasteiger partial charge on any atom is 0.319 e. The second-order valence-electron chi connectivity index (χ2n) is 5.07. The number of benzene rings is 1. The van der Waals surface area contributed by atoms with Crippen LogP contribution in [-0.4, -0.2) is 23.8 Å². The molecule has 0 bridgehead atoms. The van der Waals surface area contributed by atoms with E-state index in [1.165, 1.54) is 0 Å². The smallest absolute Gasteiger partial charge is 0.319 e. The van der Waals surface area contributed by atoms with E-state index in [2.05, 4.69) is 40.4 Å². The summed E-state index contributed by atoms with van der Waals surface area (Å²) in [5.74, 6) is 0.421. The van der Waals surface area contributed by atoms with E-state index < -0.39 is 0 Å². The van der Waals surface area contributed by atoms with Gasteiger partial charge in [-0.3, -0.25) is 0 Å². The average molecular weight is 329 g/mol. The predicted molar refractivity (Wildman–Crippen MR) is 81.4 cm³/mol. The van der Waals surface area contributed by atoms with Crippen LogP contribution in [0.1, 0.15) is 25.8 Å². The minimum Gasteiger partial charge on any atom is -0.394 e. The fraction of sp³-hybridized carbons (Fsp3) is 0.500. The van der Waals surface area contributed by atoms with Gasteiger partial charge in [0.1, 0.15) is 0 Å². The molecule has 0 aromatic heterocycles. The van der Waals surface area contributed by atoms with Crippen LogP contribution in [0.5, 0.6) is 0 Å². The Balaban J connectivity index is 2.61. The quantitative estimate of drug-likeness (QED) is 0.776. The summed E-state index contributed by atoms with van der Waals surface area (Å²) in [4.78, 5) is 11.9. The van der Waals surface area contributed by atoms with Crippen molar-refractivity contribution < 1.29 is 9.90 Å². The normalized spacial score (nSPS) is 12.3. The van der Waals surface area contributed by atoms with Gasteiger partial charge in [-0.05, 0) is 37.0 Å². The summed E-state index contributed by atoms with van der Waals surface area (Å²) in [6, 6.07) is 5.20. The predicted octanol–water partition coefficient (Wildman–Crippen LogP) is 3.29. The third kappa shape index (κ3) is 5.61. The number of amides is 2. The fourth-order valence-electron chi connectivity index (χ4n) is 1.82. The molecular formula is C14H21BrN2O2. The van der Waals surface area contributed by atoms with Crippen molar-refractivity contribution in [2.45, 2.75) is 33.2 Å². The summed E-state index contributed by atoms with van der Waals surface area (Å²) in [5.41, 5.74) is 1.75. The van der Waals surface area contributed by atoms with Crippen molar-refractivity contribution in [3.8, 4) is 0 Å². The lowest BCUT2D eigenvalue weighted by Gasteiger charge is -2.19. The molecule has 0 heterocycles. The zero-order valence-corrected chi connectivity index (χ0v) is 13.1. The molecule has 0 saturated carbocycles. The first-order valence-electron chi connectivity index (χ1n) is 6.37. The average Bonchev–Trinajstić information content (AvgIpc) is 2.32. The van der Waals surface area contributed by atoms with Gasteiger partial charge in [-0.25, -0.2) is 4.79 Å². The van der Waals surface area contributed by atoms with Crippen molar-refractivity contribution in [2.75, 3.05) is 11.9 Å². The van der Waals surface area contributed by atoms with Gasteiger partial charge in [0.2, 0.25) is 0 Å². The molecule has 4 nitrogen and oxygen atoms in total. The number of urea groups is 1. The molecule has 0 fully saturated rings. The number of hydrogen-bond acceptors (Lipinski definition) is 2. The van der Waals surface area contributed by atoms with Crippen LogP contribution in [-0.2, 0) is 0 Å². The first-order valence-corrected chi connectivity index (χ1v) is 7.16. The molecule has 1 aromatic carbocycles. The Bertz CT molecular complexity index is 435. The zero-order chi connectivity index (χ0) is 14.4. The third-order valence-electron chi connectivity index (χ3n) is 2.76. The largest absolute Gasteiger partial charge is 0.394 e. The van der Waals surface area contributed by atoms with Crippen LogP contribution in [0.3, 0.4) is 0 Å². The molecule has 1 rings (SSSR count). The minimum atomic E-state index is -0.291. The van der Waals surface area contributed by atoms with Gasteiger partial charge in [-0.1, -0.05) is 35.8 Å². The number of hydrogen-bond donors (Lipinski definition) is 3. The van der Waals surface area contributed by atoms with Gasteiger partial charge in [-0.2, -0.15) is 0 Å².